The van der Waals surface area contributed by atoms with Crippen LogP contribution in [0, 0.1) is 6.92 Å². The number of amides is 1. The summed E-state index contributed by atoms with van der Waals surface area (Å²) in [5, 5.41) is 7.00. The van der Waals surface area contributed by atoms with Gasteiger partial charge in [-0.15, -0.1) is 0 Å². The zero-order valence-electron chi connectivity index (χ0n) is 12.2. The van der Waals surface area contributed by atoms with Crippen LogP contribution in [-0.2, 0) is 18.4 Å². The van der Waals surface area contributed by atoms with E-state index in [1.807, 2.05) is 13.8 Å². The average Bonchev–Trinajstić information content (AvgIpc) is 2.68. The monoisotopic (exact) mass is 277 g/mol. The van der Waals surface area contributed by atoms with Gasteiger partial charge in [-0.3, -0.25) is 18.8 Å². The summed E-state index contributed by atoms with van der Waals surface area (Å²) in [5.74, 6) is -0.193. The van der Waals surface area contributed by atoms with E-state index >= 15 is 0 Å². The molecule has 1 N–H and O–H groups in total. The lowest BCUT2D eigenvalue weighted by atomic mass is 10.2. The Kier molecular flexibility index (Phi) is 3.87. The summed E-state index contributed by atoms with van der Waals surface area (Å²) in [7, 11) is 1.70. The molecule has 2 heterocycles. The summed E-state index contributed by atoms with van der Waals surface area (Å²) in [6.07, 6.45) is 2.24. The number of aromatic nitrogens is 4. The third kappa shape index (κ3) is 2.56. The highest BCUT2D eigenvalue weighted by molar-refractivity contribution is 5.78. The summed E-state index contributed by atoms with van der Waals surface area (Å²) in [5.41, 5.74) is 1.45. The third-order valence-electron chi connectivity index (χ3n) is 3.31. The largest absolute Gasteiger partial charge is 0.352 e. The number of carbonyl (C=O) groups excluding carboxylic acids is 1. The Morgan fingerprint density at radius 2 is 2.20 bits per heavy atom. The smallest absolute Gasteiger partial charge is 0.279 e. The Balaban J connectivity index is 2.32. The van der Waals surface area contributed by atoms with Crippen molar-refractivity contribution in [1.29, 1.82) is 0 Å². The molecule has 0 aromatic carbocycles. The van der Waals surface area contributed by atoms with Crippen molar-refractivity contribution in [2.75, 3.05) is 0 Å². The Hall–Kier alpha value is -2.18. The van der Waals surface area contributed by atoms with E-state index in [-0.39, 0.29) is 24.1 Å². The normalized spacial score (nSPS) is 12.6. The van der Waals surface area contributed by atoms with Crippen LogP contribution in [0.15, 0.2) is 11.1 Å². The van der Waals surface area contributed by atoms with Crippen molar-refractivity contribution in [3.05, 3.63) is 22.4 Å². The average molecular weight is 277 g/mol. The fraction of sp³-hybridized carbons (Fsp3) is 0.538. The summed E-state index contributed by atoms with van der Waals surface area (Å²) in [4.78, 5) is 28.4. The van der Waals surface area contributed by atoms with Gasteiger partial charge in [-0.2, -0.15) is 5.10 Å². The highest BCUT2D eigenvalue weighted by Crippen LogP contribution is 2.09. The minimum Gasteiger partial charge on any atom is -0.352 e. The van der Waals surface area contributed by atoms with Gasteiger partial charge in [0.1, 0.15) is 12.1 Å². The number of rotatable bonds is 4. The summed E-state index contributed by atoms with van der Waals surface area (Å²) >= 11 is 0. The Morgan fingerprint density at radius 3 is 2.85 bits per heavy atom. The standard InChI is InChI=1S/C13H19N5O2/c1-5-8(2)15-10(19)6-18-7-14-11-9(3)16-17(4)12(11)13(18)20/h7-8H,5-6H2,1-4H3,(H,15,19)/t8-/m0/s1. The first-order valence-corrected chi connectivity index (χ1v) is 6.62. The van der Waals surface area contributed by atoms with E-state index in [0.29, 0.717) is 16.7 Å². The third-order valence-corrected chi connectivity index (χ3v) is 3.31. The van der Waals surface area contributed by atoms with Gasteiger partial charge in [-0.05, 0) is 20.3 Å². The summed E-state index contributed by atoms with van der Waals surface area (Å²) < 4.78 is 2.81. The molecule has 2 aromatic rings. The molecule has 0 radical (unpaired) electrons. The summed E-state index contributed by atoms with van der Waals surface area (Å²) in [6.45, 7) is 5.68. The molecule has 1 amide bonds. The van der Waals surface area contributed by atoms with Crippen LogP contribution in [0.1, 0.15) is 26.0 Å². The second-order valence-electron chi connectivity index (χ2n) is 4.96. The molecule has 0 bridgehead atoms. The maximum absolute atomic E-state index is 12.3. The zero-order chi connectivity index (χ0) is 14.9. The van der Waals surface area contributed by atoms with Gasteiger partial charge in [0.2, 0.25) is 5.91 Å². The first kappa shape index (κ1) is 14.2. The predicted octanol–water partition coefficient (Wildman–Crippen LogP) is 0.353. The maximum Gasteiger partial charge on any atom is 0.279 e. The molecule has 0 spiro atoms. The van der Waals surface area contributed by atoms with Crippen LogP contribution in [0.25, 0.3) is 11.0 Å². The van der Waals surface area contributed by atoms with Gasteiger partial charge < -0.3 is 5.32 Å². The SMILES string of the molecule is CC[C@H](C)NC(=O)Cn1cnc2c(C)nn(C)c2c1=O. The number of nitrogens with zero attached hydrogens (tertiary/aromatic N) is 4. The van der Waals surface area contributed by atoms with Crippen LogP contribution >= 0.6 is 0 Å². The van der Waals surface area contributed by atoms with Crippen LogP contribution in [0.3, 0.4) is 0 Å². The van der Waals surface area contributed by atoms with Gasteiger partial charge >= 0.3 is 0 Å². The molecule has 0 aliphatic rings. The van der Waals surface area contributed by atoms with Gasteiger partial charge in [-0.25, -0.2) is 4.98 Å². The number of nitrogens with one attached hydrogen (secondary N) is 1. The first-order chi connectivity index (χ1) is 9.43. The molecule has 1 atom stereocenters. The van der Waals surface area contributed by atoms with E-state index in [0.717, 1.165) is 6.42 Å². The molecular weight excluding hydrogens is 258 g/mol. The Morgan fingerprint density at radius 1 is 1.50 bits per heavy atom. The fourth-order valence-corrected chi connectivity index (χ4v) is 2.05. The van der Waals surface area contributed by atoms with Gasteiger partial charge in [0.05, 0.1) is 12.0 Å². The zero-order valence-corrected chi connectivity index (χ0v) is 12.2. The molecule has 7 nitrogen and oxygen atoms in total. The molecule has 0 saturated carbocycles. The lowest BCUT2D eigenvalue weighted by molar-refractivity contribution is -0.122. The molecular formula is C13H19N5O2. The van der Waals surface area contributed by atoms with Crippen molar-refractivity contribution >= 4 is 16.9 Å². The minimum atomic E-state index is -0.252. The lowest BCUT2D eigenvalue weighted by Crippen LogP contribution is -2.37. The van der Waals surface area contributed by atoms with Crippen molar-refractivity contribution in [3.8, 4) is 0 Å². The molecule has 0 unspecified atom stereocenters. The predicted molar refractivity (Wildman–Crippen MR) is 75.4 cm³/mol. The van der Waals surface area contributed by atoms with Crippen LogP contribution < -0.4 is 10.9 Å². The van der Waals surface area contributed by atoms with E-state index < -0.39 is 0 Å². The van der Waals surface area contributed by atoms with Crippen molar-refractivity contribution in [2.24, 2.45) is 7.05 Å². The van der Waals surface area contributed by atoms with Crippen LogP contribution in [0.4, 0.5) is 0 Å². The lowest BCUT2D eigenvalue weighted by Gasteiger charge is -2.12. The molecule has 0 fully saturated rings. The van der Waals surface area contributed by atoms with Gasteiger partial charge in [0, 0.05) is 13.1 Å². The molecule has 7 heteroatoms. The number of fused-ring (bicyclic) bond motifs is 1. The van der Waals surface area contributed by atoms with E-state index in [1.54, 1.807) is 14.0 Å². The molecule has 2 rings (SSSR count). The fourth-order valence-electron chi connectivity index (χ4n) is 2.05. The van der Waals surface area contributed by atoms with Gasteiger partial charge in [0.15, 0.2) is 5.52 Å². The quantitative estimate of drug-likeness (QED) is 0.874. The van der Waals surface area contributed by atoms with Crippen molar-refractivity contribution in [2.45, 2.75) is 39.8 Å². The van der Waals surface area contributed by atoms with Gasteiger partial charge in [-0.1, -0.05) is 6.92 Å². The van der Waals surface area contributed by atoms with Crippen LogP contribution in [0.5, 0.6) is 0 Å². The van der Waals surface area contributed by atoms with E-state index in [9.17, 15) is 9.59 Å². The Bertz CT molecular complexity index is 701. The maximum atomic E-state index is 12.3. The molecule has 0 aliphatic heterocycles. The number of aryl methyl sites for hydroxylation is 2. The Labute approximate surface area is 116 Å². The molecule has 2 aromatic heterocycles. The highest BCUT2D eigenvalue weighted by atomic mass is 16.2. The van der Waals surface area contributed by atoms with E-state index in [2.05, 4.69) is 15.4 Å². The van der Waals surface area contributed by atoms with Crippen molar-refractivity contribution in [1.82, 2.24) is 24.6 Å². The summed E-state index contributed by atoms with van der Waals surface area (Å²) in [6, 6.07) is 0.0915. The van der Waals surface area contributed by atoms with E-state index in [4.69, 9.17) is 0 Å². The number of hydrogen-bond acceptors (Lipinski definition) is 4. The minimum absolute atomic E-state index is 0.0314. The topological polar surface area (TPSA) is 81.8 Å². The second-order valence-corrected chi connectivity index (χ2v) is 4.96. The second kappa shape index (κ2) is 5.44. The van der Waals surface area contributed by atoms with Crippen LogP contribution in [-0.4, -0.2) is 31.3 Å². The molecule has 20 heavy (non-hydrogen) atoms. The molecule has 0 saturated heterocycles. The van der Waals surface area contributed by atoms with Gasteiger partial charge in [0.25, 0.3) is 5.56 Å². The number of carbonyl (C=O) groups is 1. The molecule has 0 aliphatic carbocycles. The van der Waals surface area contributed by atoms with Crippen molar-refractivity contribution in [3.63, 3.8) is 0 Å². The van der Waals surface area contributed by atoms with Crippen LogP contribution in [0.2, 0.25) is 0 Å². The highest BCUT2D eigenvalue weighted by Gasteiger charge is 2.14. The van der Waals surface area contributed by atoms with E-state index in [1.165, 1.54) is 15.6 Å². The molecule has 108 valence electrons. The number of hydrogen-bond donors (Lipinski definition) is 1. The first-order valence-electron chi connectivity index (χ1n) is 6.62. The van der Waals surface area contributed by atoms with Crippen molar-refractivity contribution < 1.29 is 4.79 Å².